The largest absolute Gasteiger partial charge is 0.444 e. The van der Waals surface area contributed by atoms with Gasteiger partial charge in [0, 0.05) is 23.7 Å². The maximum absolute atomic E-state index is 13.1. The van der Waals surface area contributed by atoms with Crippen LogP contribution in [0.25, 0.3) is 11.3 Å². The van der Waals surface area contributed by atoms with Crippen LogP contribution in [0.5, 0.6) is 0 Å². The standard InChI is InChI=1S/C20H27N3O2/c1-15(2)13-23(18-8-10-22(3)11-9-18)20(24)17-6-4-16(5-7-17)19-12-21-14-25-19/h4-7,12,14-15,18H,8-11,13H2,1-3H3. The number of nitrogens with zero attached hydrogens (tertiary/aromatic N) is 3. The summed E-state index contributed by atoms with van der Waals surface area (Å²) in [7, 11) is 2.15. The van der Waals surface area contributed by atoms with Crippen LogP contribution < -0.4 is 0 Å². The minimum absolute atomic E-state index is 0.132. The highest BCUT2D eigenvalue weighted by molar-refractivity contribution is 5.94. The summed E-state index contributed by atoms with van der Waals surface area (Å²) in [6.07, 6.45) is 5.19. The van der Waals surface area contributed by atoms with Crippen molar-refractivity contribution in [2.45, 2.75) is 32.7 Å². The summed E-state index contributed by atoms with van der Waals surface area (Å²) in [4.78, 5) is 21.5. The summed E-state index contributed by atoms with van der Waals surface area (Å²) in [5.41, 5.74) is 1.67. The molecule has 1 fully saturated rings. The van der Waals surface area contributed by atoms with Crippen LogP contribution >= 0.6 is 0 Å². The fourth-order valence-corrected chi connectivity index (χ4v) is 3.40. The lowest BCUT2D eigenvalue weighted by atomic mass is 10.00. The van der Waals surface area contributed by atoms with Gasteiger partial charge in [0.15, 0.2) is 12.2 Å². The molecule has 134 valence electrons. The zero-order valence-corrected chi connectivity index (χ0v) is 15.3. The van der Waals surface area contributed by atoms with Gasteiger partial charge in [-0.1, -0.05) is 26.0 Å². The molecule has 0 radical (unpaired) electrons. The van der Waals surface area contributed by atoms with Gasteiger partial charge in [0.2, 0.25) is 0 Å². The highest BCUT2D eigenvalue weighted by atomic mass is 16.3. The zero-order valence-electron chi connectivity index (χ0n) is 15.3. The first-order valence-electron chi connectivity index (χ1n) is 9.03. The number of carbonyl (C=O) groups excluding carboxylic acids is 1. The first kappa shape index (κ1) is 17.7. The molecule has 0 atom stereocenters. The van der Waals surface area contributed by atoms with Crippen molar-refractivity contribution in [1.82, 2.24) is 14.8 Å². The SMILES string of the molecule is CC(C)CN(C(=O)c1ccc(-c2cnco2)cc1)C1CCN(C)CC1. The monoisotopic (exact) mass is 341 g/mol. The molecule has 0 saturated carbocycles. The summed E-state index contributed by atoms with van der Waals surface area (Å²) in [6.45, 7) is 7.25. The molecule has 0 N–H and O–H groups in total. The van der Waals surface area contributed by atoms with Gasteiger partial charge in [0.1, 0.15) is 0 Å². The number of piperidine rings is 1. The smallest absolute Gasteiger partial charge is 0.254 e. The Kier molecular flexibility index (Phi) is 5.53. The van der Waals surface area contributed by atoms with Gasteiger partial charge in [-0.25, -0.2) is 4.98 Å². The summed E-state index contributed by atoms with van der Waals surface area (Å²) in [6, 6.07) is 7.97. The minimum Gasteiger partial charge on any atom is -0.444 e. The Morgan fingerprint density at radius 2 is 1.96 bits per heavy atom. The lowest BCUT2D eigenvalue weighted by molar-refractivity contribution is 0.0559. The lowest BCUT2D eigenvalue weighted by Crippen LogP contribution is -2.47. The van der Waals surface area contributed by atoms with E-state index < -0.39 is 0 Å². The van der Waals surface area contributed by atoms with Crippen LogP contribution in [0.15, 0.2) is 41.3 Å². The molecule has 1 aromatic heterocycles. The van der Waals surface area contributed by atoms with Crippen molar-refractivity contribution in [3.63, 3.8) is 0 Å². The van der Waals surface area contributed by atoms with Crippen LogP contribution in [-0.2, 0) is 0 Å². The molecule has 5 nitrogen and oxygen atoms in total. The normalized spacial score (nSPS) is 16.3. The molecule has 0 bridgehead atoms. The Bertz CT molecular complexity index is 671. The Balaban J connectivity index is 1.77. The third-order valence-electron chi connectivity index (χ3n) is 4.80. The molecule has 3 rings (SSSR count). The minimum atomic E-state index is 0.132. The second kappa shape index (κ2) is 7.83. The number of aromatic nitrogens is 1. The van der Waals surface area contributed by atoms with Gasteiger partial charge in [-0.3, -0.25) is 4.79 Å². The Morgan fingerprint density at radius 1 is 1.28 bits per heavy atom. The predicted molar refractivity (Wildman–Crippen MR) is 98.3 cm³/mol. The van der Waals surface area contributed by atoms with E-state index in [0.717, 1.165) is 43.6 Å². The van der Waals surface area contributed by atoms with Gasteiger partial charge in [0.25, 0.3) is 5.91 Å². The fraction of sp³-hybridized carbons (Fsp3) is 0.500. The van der Waals surface area contributed by atoms with Crippen molar-refractivity contribution >= 4 is 5.91 Å². The third-order valence-corrected chi connectivity index (χ3v) is 4.80. The van der Waals surface area contributed by atoms with Gasteiger partial charge < -0.3 is 14.2 Å². The molecule has 2 heterocycles. The van der Waals surface area contributed by atoms with Crippen molar-refractivity contribution in [1.29, 1.82) is 0 Å². The third kappa shape index (κ3) is 4.28. The summed E-state index contributed by atoms with van der Waals surface area (Å²) in [5, 5.41) is 0. The van der Waals surface area contributed by atoms with Crippen LogP contribution in [0.1, 0.15) is 37.0 Å². The van der Waals surface area contributed by atoms with Crippen LogP contribution in [0.2, 0.25) is 0 Å². The van der Waals surface area contributed by atoms with Gasteiger partial charge in [0.05, 0.1) is 6.20 Å². The number of hydrogen-bond donors (Lipinski definition) is 0. The van der Waals surface area contributed by atoms with E-state index in [-0.39, 0.29) is 5.91 Å². The molecular formula is C20H27N3O2. The molecule has 2 aromatic rings. The average molecular weight is 341 g/mol. The topological polar surface area (TPSA) is 49.6 Å². The molecule has 1 aromatic carbocycles. The molecule has 1 aliphatic rings. The molecule has 1 saturated heterocycles. The highest BCUT2D eigenvalue weighted by Gasteiger charge is 2.28. The van der Waals surface area contributed by atoms with E-state index in [0.29, 0.717) is 17.7 Å². The maximum Gasteiger partial charge on any atom is 0.254 e. The van der Waals surface area contributed by atoms with E-state index in [1.807, 2.05) is 24.3 Å². The summed E-state index contributed by atoms with van der Waals surface area (Å²) >= 11 is 0. The number of rotatable bonds is 5. The fourth-order valence-electron chi connectivity index (χ4n) is 3.40. The molecular weight excluding hydrogens is 314 g/mol. The average Bonchev–Trinajstić information content (AvgIpc) is 3.15. The van der Waals surface area contributed by atoms with Gasteiger partial charge in [-0.05, 0) is 51.0 Å². The first-order chi connectivity index (χ1) is 12.0. The van der Waals surface area contributed by atoms with Crippen molar-refractivity contribution < 1.29 is 9.21 Å². The predicted octanol–water partition coefficient (Wildman–Crippen LogP) is 3.53. The second-order valence-electron chi connectivity index (χ2n) is 7.33. The molecule has 0 unspecified atom stereocenters. The van der Waals surface area contributed by atoms with Crippen LogP contribution in [-0.4, -0.2) is 53.4 Å². The van der Waals surface area contributed by atoms with Crippen molar-refractivity contribution in [3.8, 4) is 11.3 Å². The van der Waals surface area contributed by atoms with E-state index in [4.69, 9.17) is 4.42 Å². The Hall–Kier alpha value is -2.14. The zero-order chi connectivity index (χ0) is 17.8. The summed E-state index contributed by atoms with van der Waals surface area (Å²) in [5.74, 6) is 1.30. The number of benzene rings is 1. The molecule has 1 amide bonds. The van der Waals surface area contributed by atoms with Crippen LogP contribution in [0.4, 0.5) is 0 Å². The maximum atomic E-state index is 13.1. The number of hydrogen-bond acceptors (Lipinski definition) is 4. The van der Waals surface area contributed by atoms with Gasteiger partial charge in [-0.2, -0.15) is 0 Å². The number of likely N-dealkylation sites (tertiary alicyclic amines) is 1. The molecule has 0 spiro atoms. The molecule has 5 heteroatoms. The number of oxazole rings is 1. The van der Waals surface area contributed by atoms with Crippen molar-refractivity contribution in [2.24, 2.45) is 5.92 Å². The second-order valence-corrected chi connectivity index (χ2v) is 7.33. The number of carbonyl (C=O) groups is 1. The van der Waals surface area contributed by atoms with E-state index in [1.54, 1.807) is 6.20 Å². The highest BCUT2D eigenvalue weighted by Crippen LogP contribution is 2.22. The van der Waals surface area contributed by atoms with E-state index in [2.05, 4.69) is 35.7 Å². The summed E-state index contributed by atoms with van der Waals surface area (Å²) < 4.78 is 5.31. The van der Waals surface area contributed by atoms with E-state index in [9.17, 15) is 4.79 Å². The Labute approximate surface area is 149 Å². The lowest BCUT2D eigenvalue weighted by Gasteiger charge is -2.38. The quantitative estimate of drug-likeness (QED) is 0.835. The van der Waals surface area contributed by atoms with Crippen LogP contribution in [0, 0.1) is 5.92 Å². The molecule has 25 heavy (non-hydrogen) atoms. The molecule has 1 aliphatic heterocycles. The van der Waals surface area contributed by atoms with Gasteiger partial charge in [-0.15, -0.1) is 0 Å². The van der Waals surface area contributed by atoms with E-state index in [1.165, 1.54) is 6.39 Å². The Morgan fingerprint density at radius 3 is 2.52 bits per heavy atom. The number of amides is 1. The first-order valence-corrected chi connectivity index (χ1v) is 9.03. The van der Waals surface area contributed by atoms with Gasteiger partial charge >= 0.3 is 0 Å². The van der Waals surface area contributed by atoms with Crippen molar-refractivity contribution in [2.75, 3.05) is 26.7 Å². The van der Waals surface area contributed by atoms with Crippen LogP contribution in [0.3, 0.4) is 0 Å². The molecule has 0 aliphatic carbocycles. The van der Waals surface area contributed by atoms with Crippen molar-refractivity contribution in [3.05, 3.63) is 42.4 Å². The van der Waals surface area contributed by atoms with E-state index >= 15 is 0 Å².